The van der Waals surface area contributed by atoms with Crippen molar-refractivity contribution < 1.29 is 9.18 Å². The Morgan fingerprint density at radius 2 is 2.45 bits per heavy atom. The molecule has 6 nitrogen and oxygen atoms in total. The number of amides is 1. The number of hydrogen-bond donors (Lipinski definition) is 2. The molecule has 0 saturated carbocycles. The maximum absolute atomic E-state index is 14.0. The summed E-state index contributed by atoms with van der Waals surface area (Å²) in [6.45, 7) is 1.63. The second-order valence-corrected chi connectivity index (χ2v) is 5.13. The average Bonchev–Trinajstić information content (AvgIpc) is 2.84. The summed E-state index contributed by atoms with van der Waals surface area (Å²) in [6, 6.07) is 1.70. The van der Waals surface area contributed by atoms with E-state index in [1.807, 2.05) is 7.05 Å². The van der Waals surface area contributed by atoms with Gasteiger partial charge in [-0.2, -0.15) is 0 Å². The molecule has 1 aliphatic rings. The molecule has 1 amide bonds. The zero-order valence-corrected chi connectivity index (χ0v) is 11.8. The van der Waals surface area contributed by atoms with Gasteiger partial charge in [-0.3, -0.25) is 4.79 Å². The fraction of sp³-hybridized carbons (Fsp3) is 0.538. The van der Waals surface area contributed by atoms with Crippen molar-refractivity contribution in [3.05, 3.63) is 23.6 Å². The number of carbonyl (C=O) groups is 1. The van der Waals surface area contributed by atoms with E-state index in [9.17, 15) is 9.18 Å². The molecule has 1 saturated heterocycles. The topological polar surface area (TPSA) is 74.5 Å². The Morgan fingerprint density at radius 1 is 1.70 bits per heavy atom. The molecule has 1 aromatic rings. The fourth-order valence-corrected chi connectivity index (χ4v) is 2.52. The van der Waals surface area contributed by atoms with Gasteiger partial charge in [0, 0.05) is 25.8 Å². The van der Waals surface area contributed by atoms with E-state index in [0.29, 0.717) is 12.6 Å². The minimum Gasteiger partial charge on any atom is -0.340 e. The number of nitrogen functional groups attached to an aromatic ring is 1. The second kappa shape index (κ2) is 6.15. The molecule has 1 atom stereocenters. The van der Waals surface area contributed by atoms with Crippen molar-refractivity contribution in [2.24, 2.45) is 5.84 Å². The molecule has 20 heavy (non-hydrogen) atoms. The predicted octanol–water partition coefficient (Wildman–Crippen LogP) is 0.672. The number of rotatable bonds is 4. The minimum atomic E-state index is -0.716. The number of carbonyl (C=O) groups excluding carboxylic acids is 1. The standard InChI is InChI=1S/C13H20FN5O/c1-18-7-3-4-9(18)8-19(2)13(20)10-5-6-16-12(17-15)11(10)14/h5-6,9H,3-4,7-8,15H2,1-2H3,(H,16,17). The summed E-state index contributed by atoms with van der Waals surface area (Å²) in [6.07, 6.45) is 3.55. The summed E-state index contributed by atoms with van der Waals surface area (Å²) >= 11 is 0. The van der Waals surface area contributed by atoms with Gasteiger partial charge in [-0.25, -0.2) is 15.2 Å². The number of nitrogens with one attached hydrogen (secondary N) is 1. The molecule has 2 rings (SSSR count). The molecule has 110 valence electrons. The van der Waals surface area contributed by atoms with E-state index < -0.39 is 5.82 Å². The van der Waals surface area contributed by atoms with Gasteiger partial charge in [0.25, 0.3) is 5.91 Å². The maximum atomic E-state index is 14.0. The van der Waals surface area contributed by atoms with Crippen LogP contribution in [0.3, 0.4) is 0 Å². The third kappa shape index (κ3) is 2.88. The minimum absolute atomic E-state index is 0.0175. The molecule has 2 heterocycles. The number of aromatic nitrogens is 1. The van der Waals surface area contributed by atoms with Gasteiger partial charge in [0.1, 0.15) is 0 Å². The summed E-state index contributed by atoms with van der Waals surface area (Å²) < 4.78 is 14.0. The highest BCUT2D eigenvalue weighted by Crippen LogP contribution is 2.19. The number of halogens is 1. The predicted molar refractivity (Wildman–Crippen MR) is 74.6 cm³/mol. The highest BCUT2D eigenvalue weighted by Gasteiger charge is 2.26. The number of nitrogens with zero attached hydrogens (tertiary/aromatic N) is 3. The Kier molecular flexibility index (Phi) is 4.51. The number of likely N-dealkylation sites (N-methyl/N-ethyl adjacent to an activating group) is 2. The molecule has 0 radical (unpaired) electrons. The fourth-order valence-electron chi connectivity index (χ4n) is 2.52. The lowest BCUT2D eigenvalue weighted by molar-refractivity contribution is 0.0757. The van der Waals surface area contributed by atoms with Crippen LogP contribution in [0.2, 0.25) is 0 Å². The van der Waals surface area contributed by atoms with Crippen molar-refractivity contribution in [1.29, 1.82) is 0 Å². The van der Waals surface area contributed by atoms with Gasteiger partial charge in [-0.1, -0.05) is 0 Å². The van der Waals surface area contributed by atoms with Crippen molar-refractivity contribution >= 4 is 11.7 Å². The largest absolute Gasteiger partial charge is 0.340 e. The first-order chi connectivity index (χ1) is 9.54. The third-order valence-electron chi connectivity index (χ3n) is 3.76. The Labute approximate surface area is 117 Å². The number of hydrazine groups is 1. The van der Waals surface area contributed by atoms with Crippen molar-refractivity contribution in [3.63, 3.8) is 0 Å². The molecule has 1 fully saturated rings. The van der Waals surface area contributed by atoms with E-state index in [2.05, 4.69) is 15.3 Å². The molecule has 7 heteroatoms. The number of anilines is 1. The van der Waals surface area contributed by atoms with E-state index in [1.54, 1.807) is 11.9 Å². The zero-order chi connectivity index (χ0) is 14.7. The summed E-state index contributed by atoms with van der Waals surface area (Å²) in [7, 11) is 3.73. The molecular weight excluding hydrogens is 261 g/mol. The quantitative estimate of drug-likeness (QED) is 0.627. The van der Waals surface area contributed by atoms with Crippen molar-refractivity contribution in [2.45, 2.75) is 18.9 Å². The summed E-state index contributed by atoms with van der Waals surface area (Å²) in [4.78, 5) is 19.8. The van der Waals surface area contributed by atoms with E-state index in [1.165, 1.54) is 12.3 Å². The Hall–Kier alpha value is -1.73. The Bertz CT molecular complexity index is 496. The van der Waals surface area contributed by atoms with Crippen LogP contribution in [-0.4, -0.2) is 53.9 Å². The number of likely N-dealkylation sites (tertiary alicyclic amines) is 1. The first-order valence-corrected chi connectivity index (χ1v) is 6.61. The molecule has 1 aliphatic heterocycles. The van der Waals surface area contributed by atoms with Crippen molar-refractivity contribution in [3.8, 4) is 0 Å². The molecule has 0 aliphatic carbocycles. The van der Waals surface area contributed by atoms with Crippen LogP contribution < -0.4 is 11.3 Å². The first-order valence-electron chi connectivity index (χ1n) is 6.61. The lowest BCUT2D eigenvalue weighted by atomic mass is 10.1. The summed E-state index contributed by atoms with van der Waals surface area (Å²) in [5.74, 6) is 3.96. The second-order valence-electron chi connectivity index (χ2n) is 5.13. The van der Waals surface area contributed by atoms with Crippen LogP contribution in [0.15, 0.2) is 12.3 Å². The maximum Gasteiger partial charge on any atom is 0.256 e. The monoisotopic (exact) mass is 281 g/mol. The van der Waals surface area contributed by atoms with Gasteiger partial charge in [0.2, 0.25) is 0 Å². The van der Waals surface area contributed by atoms with Crippen LogP contribution in [0.1, 0.15) is 23.2 Å². The zero-order valence-electron chi connectivity index (χ0n) is 11.8. The van der Waals surface area contributed by atoms with Crippen LogP contribution in [0.5, 0.6) is 0 Å². The van der Waals surface area contributed by atoms with Gasteiger partial charge >= 0.3 is 0 Å². The van der Waals surface area contributed by atoms with Gasteiger partial charge in [-0.05, 0) is 32.5 Å². The van der Waals surface area contributed by atoms with Gasteiger partial charge in [-0.15, -0.1) is 0 Å². The number of nitrogens with two attached hydrogens (primary N) is 1. The molecule has 0 aromatic carbocycles. The summed E-state index contributed by atoms with van der Waals surface area (Å²) in [5.41, 5.74) is 2.13. The highest BCUT2D eigenvalue weighted by atomic mass is 19.1. The van der Waals surface area contributed by atoms with Gasteiger partial charge < -0.3 is 15.2 Å². The lowest BCUT2D eigenvalue weighted by Crippen LogP contribution is -2.39. The normalized spacial score (nSPS) is 19.1. The Morgan fingerprint density at radius 3 is 3.05 bits per heavy atom. The van der Waals surface area contributed by atoms with Crippen LogP contribution in [0.25, 0.3) is 0 Å². The highest BCUT2D eigenvalue weighted by molar-refractivity contribution is 5.95. The van der Waals surface area contributed by atoms with Crippen LogP contribution in [0.4, 0.5) is 10.2 Å². The van der Waals surface area contributed by atoms with Crippen molar-refractivity contribution in [1.82, 2.24) is 14.8 Å². The SMILES string of the molecule is CN(CC1CCCN1C)C(=O)c1ccnc(NN)c1F. The Balaban J connectivity index is 2.10. The molecule has 1 unspecified atom stereocenters. The number of pyridine rings is 1. The van der Waals surface area contributed by atoms with E-state index in [4.69, 9.17) is 5.84 Å². The van der Waals surface area contributed by atoms with E-state index in [-0.39, 0.29) is 17.3 Å². The van der Waals surface area contributed by atoms with Crippen LogP contribution in [0, 0.1) is 5.82 Å². The molecular formula is C13H20FN5O. The lowest BCUT2D eigenvalue weighted by Gasteiger charge is -2.26. The van der Waals surface area contributed by atoms with Crippen molar-refractivity contribution in [2.75, 3.05) is 32.6 Å². The first kappa shape index (κ1) is 14.7. The molecule has 0 bridgehead atoms. The van der Waals surface area contributed by atoms with E-state index in [0.717, 1.165) is 19.4 Å². The van der Waals surface area contributed by atoms with Crippen LogP contribution >= 0.6 is 0 Å². The number of hydrogen-bond acceptors (Lipinski definition) is 5. The van der Waals surface area contributed by atoms with Crippen LogP contribution in [-0.2, 0) is 0 Å². The average molecular weight is 281 g/mol. The molecule has 3 N–H and O–H groups in total. The smallest absolute Gasteiger partial charge is 0.256 e. The summed E-state index contributed by atoms with van der Waals surface area (Å²) in [5, 5.41) is 0. The molecule has 1 aromatic heterocycles. The van der Waals surface area contributed by atoms with Gasteiger partial charge in [0.15, 0.2) is 11.6 Å². The third-order valence-corrected chi connectivity index (χ3v) is 3.76. The van der Waals surface area contributed by atoms with E-state index >= 15 is 0 Å². The van der Waals surface area contributed by atoms with Gasteiger partial charge in [0.05, 0.1) is 5.56 Å². The molecule has 0 spiro atoms.